The van der Waals surface area contributed by atoms with E-state index in [4.69, 9.17) is 5.11 Å². The van der Waals surface area contributed by atoms with Crippen molar-refractivity contribution in [2.75, 3.05) is 0 Å². The van der Waals surface area contributed by atoms with Crippen LogP contribution in [0, 0.1) is 0 Å². The van der Waals surface area contributed by atoms with Crippen LogP contribution in [0.4, 0.5) is 0 Å². The molecule has 98 valence electrons. The molecule has 2 N–H and O–H groups in total. The third-order valence-electron chi connectivity index (χ3n) is 3.25. The first-order chi connectivity index (χ1) is 8.42. The molecule has 1 aliphatic carbocycles. The van der Waals surface area contributed by atoms with E-state index in [1.54, 1.807) is 0 Å². The number of aryl methyl sites for hydroxylation is 1. The smallest absolute Gasteiger partial charge is 0.323 e. The molecule has 0 spiro atoms. The highest BCUT2D eigenvalue weighted by Crippen LogP contribution is 2.31. The summed E-state index contributed by atoms with van der Waals surface area (Å²) >= 11 is 0. The van der Waals surface area contributed by atoms with Crippen LogP contribution in [0.25, 0.3) is 0 Å². The third kappa shape index (κ3) is 2.39. The molecule has 1 aromatic rings. The predicted octanol–water partition coefficient (Wildman–Crippen LogP) is 1.07. The van der Waals surface area contributed by atoms with Gasteiger partial charge in [-0.3, -0.25) is 4.79 Å². The molecule has 2 unspecified atom stereocenters. The Labute approximate surface area is 106 Å². The molecule has 5 nitrogen and oxygen atoms in total. The molecular weight excluding hydrogens is 254 g/mol. The summed E-state index contributed by atoms with van der Waals surface area (Å²) in [5, 5.41) is 7.33. The molecule has 0 saturated carbocycles. The van der Waals surface area contributed by atoms with Crippen LogP contribution in [-0.2, 0) is 21.2 Å². The highest BCUT2D eigenvalue weighted by atomic mass is 32.2. The molecule has 1 aliphatic rings. The van der Waals surface area contributed by atoms with Gasteiger partial charge in [0.1, 0.15) is 0 Å². The molecule has 0 bridgehead atoms. The second-order valence-electron chi connectivity index (χ2n) is 4.43. The number of hydrogen-bond acceptors (Lipinski definition) is 3. The Morgan fingerprint density at radius 1 is 1.44 bits per heavy atom. The zero-order valence-corrected chi connectivity index (χ0v) is 10.8. The molecule has 0 aromatic heterocycles. The lowest BCUT2D eigenvalue weighted by molar-refractivity contribution is -0.136. The molecule has 0 heterocycles. The fourth-order valence-corrected chi connectivity index (χ4v) is 3.22. The zero-order chi connectivity index (χ0) is 13.3. The highest BCUT2D eigenvalue weighted by Gasteiger charge is 2.32. The van der Waals surface area contributed by atoms with Gasteiger partial charge in [-0.2, -0.15) is 0 Å². The summed E-state index contributed by atoms with van der Waals surface area (Å²) in [4.78, 5) is 10.7. The number of fused-ring (bicyclic) bond motifs is 1. The van der Waals surface area contributed by atoms with Crippen molar-refractivity contribution in [2.24, 2.45) is 0 Å². The number of hydrogen-bond donors (Lipinski definition) is 2. The quantitative estimate of drug-likeness (QED) is 0.856. The minimum Gasteiger partial charge on any atom is -0.480 e. The Morgan fingerprint density at radius 3 is 2.78 bits per heavy atom. The zero-order valence-electron chi connectivity index (χ0n) is 9.96. The summed E-state index contributed by atoms with van der Waals surface area (Å²) in [6.07, 6.45) is 1.48. The third-order valence-corrected chi connectivity index (χ3v) is 5.00. The minimum atomic E-state index is -3.84. The van der Waals surface area contributed by atoms with Gasteiger partial charge in [-0.25, -0.2) is 13.1 Å². The van der Waals surface area contributed by atoms with Crippen molar-refractivity contribution in [1.29, 1.82) is 0 Å². The van der Waals surface area contributed by atoms with Crippen LogP contribution in [0.15, 0.2) is 24.3 Å². The fraction of sp³-hybridized carbons (Fsp3) is 0.417. The molecule has 2 atom stereocenters. The van der Waals surface area contributed by atoms with Gasteiger partial charge in [0.05, 0.1) is 0 Å². The molecule has 6 heteroatoms. The number of carbonyl (C=O) groups is 1. The van der Waals surface area contributed by atoms with Gasteiger partial charge in [0, 0.05) is 6.04 Å². The number of sulfonamides is 1. The standard InChI is InChI=1S/C12H15NO4S/c1-8(12(14)15)18(16,17)13-11-7-6-9-4-2-3-5-10(9)11/h2-5,8,11,13H,6-7H2,1H3,(H,14,15). The van der Waals surface area contributed by atoms with Gasteiger partial charge >= 0.3 is 5.97 Å². The SMILES string of the molecule is CC(C(=O)O)S(=O)(=O)NC1CCc2ccccc21. The summed E-state index contributed by atoms with van der Waals surface area (Å²) in [6.45, 7) is 1.17. The molecule has 0 amide bonds. The van der Waals surface area contributed by atoms with Crippen molar-refractivity contribution < 1.29 is 18.3 Å². The summed E-state index contributed by atoms with van der Waals surface area (Å²) in [6, 6.07) is 7.29. The number of carboxylic acids is 1. The van der Waals surface area contributed by atoms with Crippen molar-refractivity contribution in [1.82, 2.24) is 4.72 Å². The number of nitrogens with one attached hydrogen (secondary N) is 1. The number of benzene rings is 1. The maximum atomic E-state index is 11.8. The van der Waals surface area contributed by atoms with E-state index in [2.05, 4.69) is 4.72 Å². The van der Waals surface area contributed by atoms with Crippen molar-refractivity contribution >= 4 is 16.0 Å². The average molecular weight is 269 g/mol. The summed E-state index contributed by atoms with van der Waals surface area (Å²) in [5.74, 6) is -1.34. The molecular formula is C12H15NO4S. The van der Waals surface area contributed by atoms with Crippen LogP contribution in [-0.4, -0.2) is 24.7 Å². The molecule has 2 rings (SSSR count). The number of aliphatic carboxylic acids is 1. The van der Waals surface area contributed by atoms with Gasteiger partial charge in [0.25, 0.3) is 0 Å². The average Bonchev–Trinajstić information content (AvgIpc) is 2.71. The van der Waals surface area contributed by atoms with Crippen molar-refractivity contribution in [3.05, 3.63) is 35.4 Å². The van der Waals surface area contributed by atoms with Crippen LogP contribution in [0.5, 0.6) is 0 Å². The fourth-order valence-electron chi connectivity index (χ4n) is 2.11. The topological polar surface area (TPSA) is 83.5 Å². The maximum Gasteiger partial charge on any atom is 0.323 e. The normalized spacial score (nSPS) is 20.4. The highest BCUT2D eigenvalue weighted by molar-refractivity contribution is 7.90. The first-order valence-corrected chi connectivity index (χ1v) is 7.28. The van der Waals surface area contributed by atoms with Gasteiger partial charge in [-0.1, -0.05) is 24.3 Å². The lowest BCUT2D eigenvalue weighted by Gasteiger charge is -2.16. The van der Waals surface area contributed by atoms with Crippen LogP contribution in [0.3, 0.4) is 0 Å². The van der Waals surface area contributed by atoms with Crippen LogP contribution >= 0.6 is 0 Å². The Balaban J connectivity index is 2.20. The van der Waals surface area contributed by atoms with Gasteiger partial charge < -0.3 is 5.11 Å². The van der Waals surface area contributed by atoms with Gasteiger partial charge in [0.15, 0.2) is 5.25 Å². The van der Waals surface area contributed by atoms with E-state index in [1.807, 2.05) is 24.3 Å². The van der Waals surface area contributed by atoms with Gasteiger partial charge in [-0.05, 0) is 30.9 Å². The lowest BCUT2D eigenvalue weighted by Crippen LogP contribution is -2.38. The van der Waals surface area contributed by atoms with Crippen molar-refractivity contribution in [3.8, 4) is 0 Å². The van der Waals surface area contributed by atoms with E-state index in [0.29, 0.717) is 6.42 Å². The molecule has 0 saturated heterocycles. The number of rotatable bonds is 4. The predicted molar refractivity (Wildman–Crippen MR) is 66.7 cm³/mol. The van der Waals surface area contributed by atoms with Gasteiger partial charge in [0.2, 0.25) is 10.0 Å². The van der Waals surface area contributed by atoms with Crippen LogP contribution in [0.2, 0.25) is 0 Å². The van der Waals surface area contributed by atoms with Crippen molar-refractivity contribution in [3.63, 3.8) is 0 Å². The largest absolute Gasteiger partial charge is 0.480 e. The maximum absolute atomic E-state index is 11.8. The van der Waals surface area contributed by atoms with Crippen LogP contribution < -0.4 is 4.72 Å². The Hall–Kier alpha value is -1.40. The second-order valence-corrected chi connectivity index (χ2v) is 6.47. The van der Waals surface area contributed by atoms with E-state index < -0.39 is 21.2 Å². The van der Waals surface area contributed by atoms with Gasteiger partial charge in [-0.15, -0.1) is 0 Å². The Morgan fingerprint density at radius 2 is 2.11 bits per heavy atom. The van der Waals surface area contributed by atoms with E-state index in [9.17, 15) is 13.2 Å². The van der Waals surface area contributed by atoms with E-state index >= 15 is 0 Å². The van der Waals surface area contributed by atoms with Crippen LogP contribution in [0.1, 0.15) is 30.5 Å². The lowest BCUT2D eigenvalue weighted by atomic mass is 10.1. The Kier molecular flexibility index (Phi) is 3.41. The second kappa shape index (κ2) is 4.70. The molecule has 0 radical (unpaired) electrons. The molecule has 18 heavy (non-hydrogen) atoms. The first kappa shape index (κ1) is 13.0. The van der Waals surface area contributed by atoms with E-state index in [1.165, 1.54) is 6.92 Å². The Bertz CT molecular complexity index is 567. The molecule has 1 aromatic carbocycles. The van der Waals surface area contributed by atoms with E-state index in [0.717, 1.165) is 17.5 Å². The van der Waals surface area contributed by atoms with Crippen molar-refractivity contribution in [2.45, 2.75) is 31.1 Å². The molecule has 0 fully saturated rings. The first-order valence-electron chi connectivity index (χ1n) is 5.73. The summed E-state index contributed by atoms with van der Waals surface area (Å²) in [7, 11) is -3.84. The number of carboxylic acid groups (broad SMARTS) is 1. The summed E-state index contributed by atoms with van der Waals surface area (Å²) < 4.78 is 26.2. The monoisotopic (exact) mass is 269 g/mol. The molecule has 0 aliphatic heterocycles. The van der Waals surface area contributed by atoms with E-state index in [-0.39, 0.29) is 6.04 Å². The summed E-state index contributed by atoms with van der Waals surface area (Å²) in [5.41, 5.74) is 2.06. The minimum absolute atomic E-state index is 0.312.